The summed E-state index contributed by atoms with van der Waals surface area (Å²) in [6.45, 7) is 2.26. The summed E-state index contributed by atoms with van der Waals surface area (Å²) in [5, 5.41) is 9.67. The van der Waals surface area contributed by atoms with E-state index < -0.39 is 5.97 Å². The Balaban J connectivity index is 2.70. The third-order valence-electron chi connectivity index (χ3n) is 2.58. The summed E-state index contributed by atoms with van der Waals surface area (Å²) in [6.07, 6.45) is 0. The Morgan fingerprint density at radius 1 is 1.45 bits per heavy atom. The van der Waals surface area contributed by atoms with Gasteiger partial charge in [-0.2, -0.15) is 0 Å². The lowest BCUT2D eigenvalue weighted by Crippen LogP contribution is -2.23. The number of hydrogen-bond donors (Lipinski definition) is 1. The highest BCUT2D eigenvalue weighted by atomic mass is 79.9. The second kappa shape index (κ2) is 6.28. The lowest BCUT2D eigenvalue weighted by Gasteiger charge is -2.11. The molecule has 0 amide bonds. The summed E-state index contributed by atoms with van der Waals surface area (Å²) >= 11 is 7.76. The van der Waals surface area contributed by atoms with Crippen LogP contribution in [0.2, 0.25) is 0 Å². The van der Waals surface area contributed by atoms with Gasteiger partial charge in [-0.1, -0.05) is 27.7 Å². The number of aliphatic carboxylic acids is 1. The average Bonchev–Trinajstić information content (AvgIpc) is 2.37. The van der Waals surface area contributed by atoms with E-state index in [9.17, 15) is 9.59 Å². The predicted molar refractivity (Wildman–Crippen MR) is 85.4 cm³/mol. The van der Waals surface area contributed by atoms with Crippen molar-refractivity contribution >= 4 is 60.5 Å². The topological polar surface area (TPSA) is 72.2 Å². The Morgan fingerprint density at radius 3 is 2.75 bits per heavy atom. The number of aromatic nitrogens is 2. The predicted octanol–water partition coefficient (Wildman–Crippen LogP) is 3.12. The minimum Gasteiger partial charge on any atom is -0.481 e. The zero-order chi connectivity index (χ0) is 14.9. The van der Waals surface area contributed by atoms with Crippen LogP contribution in [0.15, 0.2) is 31.0 Å². The zero-order valence-electron chi connectivity index (χ0n) is 10.4. The Labute approximate surface area is 135 Å². The van der Waals surface area contributed by atoms with Gasteiger partial charge in [-0.05, 0) is 35.0 Å². The van der Waals surface area contributed by atoms with Crippen molar-refractivity contribution in [3.8, 4) is 0 Å². The molecule has 0 unspecified atom stereocenters. The van der Waals surface area contributed by atoms with Gasteiger partial charge in [0.1, 0.15) is 0 Å². The summed E-state index contributed by atoms with van der Waals surface area (Å²) in [4.78, 5) is 27.5. The van der Waals surface area contributed by atoms with E-state index in [-0.39, 0.29) is 11.3 Å². The number of carbonyl (C=O) groups is 1. The highest BCUT2D eigenvalue weighted by Crippen LogP contribution is 2.27. The molecule has 0 aliphatic rings. The van der Waals surface area contributed by atoms with Gasteiger partial charge in [0.2, 0.25) is 0 Å². The first-order valence-electron chi connectivity index (χ1n) is 5.68. The lowest BCUT2D eigenvalue weighted by molar-refractivity contribution is -0.133. The van der Waals surface area contributed by atoms with Gasteiger partial charge in [0, 0.05) is 15.5 Å². The first kappa shape index (κ1) is 15.5. The quantitative estimate of drug-likeness (QED) is 0.606. The molecule has 5 nitrogen and oxygen atoms in total. The third-order valence-corrected chi connectivity index (χ3v) is 4.61. The molecule has 0 saturated carbocycles. The van der Waals surface area contributed by atoms with Crippen molar-refractivity contribution in [2.45, 2.75) is 18.6 Å². The summed E-state index contributed by atoms with van der Waals surface area (Å²) in [5.74, 6) is -1.08. The largest absolute Gasteiger partial charge is 0.481 e. The monoisotopic (exact) mass is 420 g/mol. The van der Waals surface area contributed by atoms with Gasteiger partial charge in [-0.25, -0.2) is 4.98 Å². The van der Waals surface area contributed by atoms with Gasteiger partial charge >= 0.3 is 5.97 Å². The molecule has 0 bridgehead atoms. The molecular weight excluding hydrogens is 412 g/mol. The Hall–Kier alpha value is -0.860. The number of carboxylic acid groups (broad SMARTS) is 1. The van der Waals surface area contributed by atoms with Crippen LogP contribution in [0.4, 0.5) is 0 Å². The van der Waals surface area contributed by atoms with Crippen molar-refractivity contribution in [1.29, 1.82) is 0 Å². The maximum atomic E-state index is 12.4. The van der Waals surface area contributed by atoms with E-state index in [0.717, 1.165) is 16.2 Å². The number of hydrogen-bond acceptors (Lipinski definition) is 4. The number of thioether (sulfide) groups is 1. The van der Waals surface area contributed by atoms with E-state index >= 15 is 0 Å². The molecule has 8 heteroatoms. The number of halogens is 2. The molecule has 1 heterocycles. The normalized spacial score (nSPS) is 10.9. The molecule has 0 saturated heterocycles. The van der Waals surface area contributed by atoms with E-state index in [4.69, 9.17) is 5.11 Å². The number of carboxylic acids is 1. The van der Waals surface area contributed by atoms with E-state index in [2.05, 4.69) is 36.8 Å². The molecule has 1 aromatic carbocycles. The van der Waals surface area contributed by atoms with Gasteiger partial charge in [0.05, 0.1) is 16.7 Å². The smallest absolute Gasteiger partial charge is 0.313 e. The summed E-state index contributed by atoms with van der Waals surface area (Å²) in [7, 11) is 0. The van der Waals surface area contributed by atoms with Crippen LogP contribution in [0.1, 0.15) is 6.92 Å². The average molecular weight is 422 g/mol. The highest BCUT2D eigenvalue weighted by molar-refractivity contribution is 9.11. The van der Waals surface area contributed by atoms with Gasteiger partial charge in [-0.3, -0.25) is 14.2 Å². The molecule has 0 aliphatic carbocycles. The van der Waals surface area contributed by atoms with Crippen molar-refractivity contribution < 1.29 is 9.90 Å². The summed E-state index contributed by atoms with van der Waals surface area (Å²) in [5.41, 5.74) is 0.364. The molecular formula is C12H10Br2N2O3S. The first-order valence-corrected chi connectivity index (χ1v) is 8.25. The summed E-state index contributed by atoms with van der Waals surface area (Å²) < 4.78 is 2.96. The molecule has 0 fully saturated rings. The van der Waals surface area contributed by atoms with Gasteiger partial charge in [0.25, 0.3) is 5.56 Å². The molecule has 2 rings (SSSR count). The van der Waals surface area contributed by atoms with Gasteiger partial charge in [-0.15, -0.1) is 0 Å². The number of nitrogens with zero attached hydrogens (tertiary/aromatic N) is 2. The second-order valence-corrected chi connectivity index (χ2v) is 6.62. The van der Waals surface area contributed by atoms with Crippen LogP contribution in [0.25, 0.3) is 10.9 Å². The van der Waals surface area contributed by atoms with Gasteiger partial charge in [0.15, 0.2) is 5.16 Å². The number of fused-ring (bicyclic) bond motifs is 1. The van der Waals surface area contributed by atoms with Crippen molar-refractivity contribution in [2.24, 2.45) is 0 Å². The van der Waals surface area contributed by atoms with Crippen LogP contribution in [-0.2, 0) is 11.3 Å². The molecule has 1 aromatic heterocycles. The van der Waals surface area contributed by atoms with E-state index in [1.54, 1.807) is 12.1 Å². The van der Waals surface area contributed by atoms with Crippen molar-refractivity contribution in [1.82, 2.24) is 9.55 Å². The molecule has 20 heavy (non-hydrogen) atoms. The van der Waals surface area contributed by atoms with E-state index in [1.807, 2.05) is 6.92 Å². The highest BCUT2D eigenvalue weighted by Gasteiger charge is 2.14. The molecule has 0 spiro atoms. The Kier molecular flexibility index (Phi) is 4.87. The fraction of sp³-hybridized carbons (Fsp3) is 0.250. The number of rotatable bonds is 4. The zero-order valence-corrected chi connectivity index (χ0v) is 14.4. The van der Waals surface area contributed by atoms with Crippen LogP contribution in [0.3, 0.4) is 0 Å². The SMILES string of the molecule is CCn1c(SCC(=O)O)nc2c(Br)cc(Br)cc2c1=O. The molecule has 0 atom stereocenters. The molecule has 0 aliphatic heterocycles. The van der Waals surface area contributed by atoms with Crippen molar-refractivity contribution in [3.05, 3.63) is 31.4 Å². The Bertz CT molecular complexity index is 746. The third kappa shape index (κ3) is 3.07. The minimum absolute atomic E-state index is 0.133. The van der Waals surface area contributed by atoms with Crippen molar-refractivity contribution in [2.75, 3.05) is 5.75 Å². The Morgan fingerprint density at radius 2 is 2.15 bits per heavy atom. The second-order valence-electron chi connectivity index (χ2n) is 3.91. The lowest BCUT2D eigenvalue weighted by atomic mass is 10.2. The van der Waals surface area contributed by atoms with Crippen LogP contribution in [0, 0.1) is 0 Å². The minimum atomic E-state index is -0.943. The standard InChI is InChI=1S/C12H10Br2N2O3S/c1-2-16-11(19)7-3-6(13)4-8(14)10(7)15-12(16)20-5-9(17)18/h3-4H,2,5H2,1H3,(H,17,18). The fourth-order valence-corrected chi connectivity index (χ4v) is 3.84. The molecule has 2 aromatic rings. The maximum absolute atomic E-state index is 12.4. The van der Waals surface area contributed by atoms with Crippen LogP contribution in [-0.4, -0.2) is 26.4 Å². The molecule has 106 valence electrons. The van der Waals surface area contributed by atoms with Crippen LogP contribution < -0.4 is 5.56 Å². The van der Waals surface area contributed by atoms with Crippen LogP contribution >= 0.6 is 43.6 Å². The molecule has 1 N–H and O–H groups in total. The fourth-order valence-electron chi connectivity index (χ4n) is 1.75. The first-order chi connectivity index (χ1) is 9.43. The van der Waals surface area contributed by atoms with Crippen LogP contribution in [0.5, 0.6) is 0 Å². The maximum Gasteiger partial charge on any atom is 0.313 e. The van der Waals surface area contributed by atoms with Gasteiger partial charge < -0.3 is 5.11 Å². The molecule has 0 radical (unpaired) electrons. The van der Waals surface area contributed by atoms with E-state index in [0.29, 0.717) is 27.1 Å². The summed E-state index contributed by atoms with van der Waals surface area (Å²) in [6, 6.07) is 3.52. The van der Waals surface area contributed by atoms with E-state index in [1.165, 1.54) is 4.57 Å². The van der Waals surface area contributed by atoms with Crippen molar-refractivity contribution in [3.63, 3.8) is 0 Å². The number of benzene rings is 1.